The molecule has 1 fully saturated rings. The molecule has 2 aromatic carbocycles. The van der Waals surface area contributed by atoms with Gasteiger partial charge in [-0.2, -0.15) is 0 Å². The molecule has 3 heteroatoms. The van der Waals surface area contributed by atoms with Crippen molar-refractivity contribution < 1.29 is 9.47 Å². The van der Waals surface area contributed by atoms with Crippen molar-refractivity contribution in [3.05, 3.63) is 48.0 Å². The predicted octanol–water partition coefficient (Wildman–Crippen LogP) is 2.26. The van der Waals surface area contributed by atoms with Crippen LogP contribution in [0.25, 0.3) is 10.8 Å². The van der Waals surface area contributed by atoms with Gasteiger partial charge in [0.25, 0.3) is 0 Å². The number of fused-ring (bicyclic) bond motifs is 1. The Kier molecular flexibility index (Phi) is 3.28. The van der Waals surface area contributed by atoms with E-state index >= 15 is 0 Å². The molecular formula is C15H17NO2. The summed E-state index contributed by atoms with van der Waals surface area (Å²) in [6, 6.07) is 14.4. The van der Waals surface area contributed by atoms with Gasteiger partial charge in [0.2, 0.25) is 0 Å². The third-order valence-corrected chi connectivity index (χ3v) is 3.42. The first-order chi connectivity index (χ1) is 8.86. The van der Waals surface area contributed by atoms with Crippen LogP contribution in [0.2, 0.25) is 0 Å². The Morgan fingerprint density at radius 3 is 2.72 bits per heavy atom. The van der Waals surface area contributed by atoms with Crippen LogP contribution in [0.3, 0.4) is 0 Å². The van der Waals surface area contributed by atoms with E-state index in [1.807, 2.05) is 18.2 Å². The zero-order valence-electron chi connectivity index (χ0n) is 10.2. The van der Waals surface area contributed by atoms with Gasteiger partial charge in [-0.15, -0.1) is 0 Å². The second kappa shape index (κ2) is 5.06. The van der Waals surface area contributed by atoms with Crippen LogP contribution >= 0.6 is 0 Å². The first kappa shape index (κ1) is 11.7. The van der Waals surface area contributed by atoms with Gasteiger partial charge in [-0.3, -0.25) is 0 Å². The summed E-state index contributed by atoms with van der Waals surface area (Å²) in [6.45, 7) is 1.87. The summed E-state index contributed by atoms with van der Waals surface area (Å²) in [5.41, 5.74) is 7.46. The average molecular weight is 243 g/mol. The fraction of sp³-hybridized carbons (Fsp3) is 0.333. The third kappa shape index (κ3) is 2.12. The number of hydrogen-bond donors (Lipinski definition) is 1. The largest absolute Gasteiger partial charge is 0.376 e. The molecule has 3 nitrogen and oxygen atoms in total. The highest BCUT2D eigenvalue weighted by Gasteiger charge is 2.24. The third-order valence-electron chi connectivity index (χ3n) is 3.42. The molecule has 18 heavy (non-hydrogen) atoms. The van der Waals surface area contributed by atoms with Crippen molar-refractivity contribution in [2.75, 3.05) is 19.8 Å². The van der Waals surface area contributed by atoms with Crippen molar-refractivity contribution in [2.45, 2.75) is 12.1 Å². The molecule has 0 aliphatic carbocycles. The van der Waals surface area contributed by atoms with Gasteiger partial charge in [0, 0.05) is 0 Å². The Hall–Kier alpha value is -1.42. The van der Waals surface area contributed by atoms with Crippen molar-refractivity contribution in [2.24, 2.45) is 5.73 Å². The Bertz CT molecular complexity index is 530. The van der Waals surface area contributed by atoms with Crippen molar-refractivity contribution >= 4 is 10.8 Å². The van der Waals surface area contributed by atoms with Crippen LogP contribution in [-0.4, -0.2) is 25.9 Å². The zero-order valence-corrected chi connectivity index (χ0v) is 10.2. The van der Waals surface area contributed by atoms with Crippen molar-refractivity contribution in [3.8, 4) is 0 Å². The molecule has 1 saturated heterocycles. The molecule has 1 aliphatic rings. The molecule has 1 heterocycles. The lowest BCUT2D eigenvalue weighted by Crippen LogP contribution is -2.37. The molecule has 0 amide bonds. The van der Waals surface area contributed by atoms with E-state index in [0.717, 1.165) is 5.56 Å². The average Bonchev–Trinajstić information content (AvgIpc) is 2.47. The highest BCUT2D eigenvalue weighted by molar-refractivity contribution is 5.86. The lowest BCUT2D eigenvalue weighted by atomic mass is 9.96. The van der Waals surface area contributed by atoms with Gasteiger partial charge >= 0.3 is 0 Å². The second-order valence-electron chi connectivity index (χ2n) is 4.58. The van der Waals surface area contributed by atoms with Crippen LogP contribution in [0.1, 0.15) is 11.6 Å². The maximum absolute atomic E-state index is 6.33. The van der Waals surface area contributed by atoms with Gasteiger partial charge in [-0.1, -0.05) is 42.5 Å². The summed E-state index contributed by atoms with van der Waals surface area (Å²) in [5.74, 6) is 0. The molecule has 2 atom stereocenters. The molecule has 0 aromatic heterocycles. The van der Waals surface area contributed by atoms with Gasteiger partial charge in [-0.25, -0.2) is 0 Å². The Balaban J connectivity index is 1.97. The van der Waals surface area contributed by atoms with E-state index in [1.54, 1.807) is 0 Å². The molecule has 0 radical (unpaired) electrons. The highest BCUT2D eigenvalue weighted by Crippen LogP contribution is 2.26. The fourth-order valence-corrected chi connectivity index (χ4v) is 2.45. The smallest absolute Gasteiger partial charge is 0.100 e. The number of nitrogens with two attached hydrogens (primary N) is 1. The van der Waals surface area contributed by atoms with Crippen molar-refractivity contribution in [1.82, 2.24) is 0 Å². The van der Waals surface area contributed by atoms with Crippen LogP contribution in [0.15, 0.2) is 42.5 Å². The second-order valence-corrected chi connectivity index (χ2v) is 4.58. The lowest BCUT2D eigenvalue weighted by molar-refractivity contribution is -0.0974. The topological polar surface area (TPSA) is 44.5 Å². The normalized spacial score (nSPS) is 21.9. The quantitative estimate of drug-likeness (QED) is 0.880. The molecule has 2 N–H and O–H groups in total. The van der Waals surface area contributed by atoms with Crippen LogP contribution in [-0.2, 0) is 9.47 Å². The van der Waals surface area contributed by atoms with Gasteiger partial charge in [-0.05, 0) is 16.3 Å². The molecule has 2 aromatic rings. The van der Waals surface area contributed by atoms with Gasteiger partial charge in [0.1, 0.15) is 6.10 Å². The SMILES string of the molecule is NC(c1cccc2ccccc12)C1COCCO1. The Morgan fingerprint density at radius 2 is 1.89 bits per heavy atom. The minimum absolute atomic E-state index is 0.0513. The van der Waals surface area contributed by atoms with Crippen molar-refractivity contribution in [3.63, 3.8) is 0 Å². The standard InChI is InChI=1S/C15H17NO2/c16-15(14-10-17-8-9-18-14)13-7-3-5-11-4-1-2-6-12(11)13/h1-7,14-15H,8-10,16H2. The zero-order chi connectivity index (χ0) is 12.4. The summed E-state index contributed by atoms with van der Waals surface area (Å²) < 4.78 is 11.1. The van der Waals surface area contributed by atoms with Crippen LogP contribution in [0, 0.1) is 0 Å². The van der Waals surface area contributed by atoms with Crippen LogP contribution < -0.4 is 5.73 Å². The minimum Gasteiger partial charge on any atom is -0.376 e. The summed E-state index contributed by atoms with van der Waals surface area (Å²) in [7, 11) is 0. The predicted molar refractivity (Wildman–Crippen MR) is 71.4 cm³/mol. The monoisotopic (exact) mass is 243 g/mol. The Labute approximate surface area is 106 Å². The maximum atomic E-state index is 6.33. The van der Waals surface area contributed by atoms with Crippen LogP contribution in [0.4, 0.5) is 0 Å². The highest BCUT2D eigenvalue weighted by atomic mass is 16.6. The summed E-state index contributed by atoms with van der Waals surface area (Å²) in [4.78, 5) is 0. The number of rotatable bonds is 2. The lowest BCUT2D eigenvalue weighted by Gasteiger charge is -2.28. The molecular weight excluding hydrogens is 226 g/mol. The van der Waals surface area contributed by atoms with E-state index in [0.29, 0.717) is 19.8 Å². The van der Waals surface area contributed by atoms with Gasteiger partial charge in [0.15, 0.2) is 0 Å². The number of benzene rings is 2. The first-order valence-electron chi connectivity index (χ1n) is 6.29. The molecule has 3 rings (SSSR count). The summed E-state index contributed by atoms with van der Waals surface area (Å²) >= 11 is 0. The molecule has 2 unspecified atom stereocenters. The molecule has 0 spiro atoms. The van der Waals surface area contributed by atoms with Gasteiger partial charge in [0.05, 0.1) is 25.9 Å². The summed E-state index contributed by atoms with van der Waals surface area (Å²) in [5, 5.41) is 2.41. The molecule has 0 saturated carbocycles. The number of hydrogen-bond acceptors (Lipinski definition) is 3. The summed E-state index contributed by atoms with van der Waals surface area (Å²) in [6.07, 6.45) is -0.0513. The Morgan fingerprint density at radius 1 is 1.06 bits per heavy atom. The number of ether oxygens (including phenoxy) is 2. The molecule has 0 bridgehead atoms. The van der Waals surface area contributed by atoms with E-state index in [9.17, 15) is 0 Å². The van der Waals surface area contributed by atoms with E-state index in [1.165, 1.54) is 10.8 Å². The van der Waals surface area contributed by atoms with E-state index in [4.69, 9.17) is 15.2 Å². The first-order valence-corrected chi connectivity index (χ1v) is 6.29. The minimum atomic E-state index is -0.142. The fourth-order valence-electron chi connectivity index (χ4n) is 2.45. The van der Waals surface area contributed by atoms with E-state index in [-0.39, 0.29) is 12.1 Å². The van der Waals surface area contributed by atoms with Crippen LogP contribution in [0.5, 0.6) is 0 Å². The van der Waals surface area contributed by atoms with E-state index < -0.39 is 0 Å². The molecule has 1 aliphatic heterocycles. The van der Waals surface area contributed by atoms with Gasteiger partial charge < -0.3 is 15.2 Å². The van der Waals surface area contributed by atoms with Crippen molar-refractivity contribution in [1.29, 1.82) is 0 Å². The molecule has 94 valence electrons. The maximum Gasteiger partial charge on any atom is 0.100 e. The van der Waals surface area contributed by atoms with E-state index in [2.05, 4.69) is 24.3 Å².